The molecule has 3 rings (SSSR count). The molecule has 1 heterocycles. The Morgan fingerprint density at radius 3 is 1.94 bits per heavy atom. The van der Waals surface area contributed by atoms with Gasteiger partial charge in [-0.25, -0.2) is 9.59 Å². The molecule has 0 unspecified atom stereocenters. The lowest BCUT2D eigenvalue weighted by Crippen LogP contribution is -2.15. The molecule has 0 bridgehead atoms. The van der Waals surface area contributed by atoms with Crippen LogP contribution in [0.15, 0.2) is 60.9 Å². The number of nitrogens with one attached hydrogen (secondary N) is 1. The molecule has 10 heteroatoms. The lowest BCUT2D eigenvalue weighted by atomic mass is 10.2. The van der Waals surface area contributed by atoms with Crippen LogP contribution in [-0.2, 0) is 19.1 Å². The molecule has 2 aromatic rings. The first kappa shape index (κ1) is 25.6. The highest BCUT2D eigenvalue weighted by Gasteiger charge is 2.17. The minimum absolute atomic E-state index is 0.0839. The fraction of sp³-hybridized carbons (Fsp3) is 0.136. The van der Waals surface area contributed by atoms with Crippen molar-refractivity contribution in [3.05, 3.63) is 72.0 Å². The molecule has 0 radical (unpaired) electrons. The van der Waals surface area contributed by atoms with Gasteiger partial charge in [0, 0.05) is 11.4 Å². The van der Waals surface area contributed by atoms with Crippen molar-refractivity contribution < 1.29 is 38.9 Å². The van der Waals surface area contributed by atoms with E-state index in [9.17, 15) is 24.0 Å². The topological polar surface area (TPSA) is 173 Å². The zero-order valence-electron chi connectivity index (χ0n) is 17.2. The van der Waals surface area contributed by atoms with Crippen LogP contribution in [0.3, 0.4) is 0 Å². The van der Waals surface area contributed by atoms with Gasteiger partial charge in [0.2, 0.25) is 5.91 Å². The highest BCUT2D eigenvalue weighted by atomic mass is 16.6. The molecule has 0 aliphatic carbocycles. The first-order valence-corrected chi connectivity index (χ1v) is 9.08. The first-order valence-electron chi connectivity index (χ1n) is 9.08. The van der Waals surface area contributed by atoms with Crippen molar-refractivity contribution in [3.63, 3.8) is 0 Å². The third-order valence-corrected chi connectivity index (χ3v) is 3.54. The van der Waals surface area contributed by atoms with Crippen LogP contribution in [0.5, 0.6) is 0 Å². The van der Waals surface area contributed by atoms with E-state index < -0.39 is 17.8 Å². The monoisotopic (exact) mass is 442 g/mol. The van der Waals surface area contributed by atoms with Crippen molar-refractivity contribution in [2.24, 2.45) is 0 Å². The normalized spacial score (nSPS) is 11.3. The summed E-state index contributed by atoms with van der Waals surface area (Å²) in [6, 6.07) is 12.0. The van der Waals surface area contributed by atoms with Crippen molar-refractivity contribution >= 4 is 41.0 Å². The number of benzene rings is 2. The molecule has 0 spiro atoms. The Morgan fingerprint density at radius 1 is 1.03 bits per heavy atom. The standard InChI is InChI=1S/C11H11NO4.C7H7NO2.C4H4O2/c1-7(13)5-10(14)12-9-4-2-3-8(6-9)11(15)16;8-6-3-1-2-5(4-6)7(9)10;1-3-2-4(5)6-3/h2-4,6H,5H2,1H3,(H,12,14)(H,15,16);1-4H,8H2,(H,9,10);1-2H2. The maximum Gasteiger partial charge on any atom is 0.335 e. The number of amides is 1. The second-order valence-electron chi connectivity index (χ2n) is 6.43. The number of esters is 1. The molecule has 1 saturated heterocycles. The molecular formula is C22H22N2O8. The summed E-state index contributed by atoms with van der Waals surface area (Å²) in [5.74, 6) is -2.29. The minimum Gasteiger partial charge on any atom is -0.478 e. The van der Waals surface area contributed by atoms with Crippen molar-refractivity contribution in [3.8, 4) is 0 Å². The van der Waals surface area contributed by atoms with Gasteiger partial charge in [0.05, 0.1) is 17.5 Å². The van der Waals surface area contributed by atoms with Crippen LogP contribution >= 0.6 is 0 Å². The van der Waals surface area contributed by atoms with Crippen molar-refractivity contribution in [1.82, 2.24) is 0 Å². The Balaban J connectivity index is 0.000000270. The third kappa shape index (κ3) is 9.83. The van der Waals surface area contributed by atoms with Gasteiger partial charge < -0.3 is 26.0 Å². The zero-order valence-corrected chi connectivity index (χ0v) is 17.2. The van der Waals surface area contributed by atoms with Crippen LogP contribution in [0.4, 0.5) is 11.4 Å². The Kier molecular flexibility index (Phi) is 9.81. The lowest BCUT2D eigenvalue weighted by Gasteiger charge is -2.12. The third-order valence-electron chi connectivity index (χ3n) is 3.54. The van der Waals surface area contributed by atoms with Gasteiger partial charge in [-0.15, -0.1) is 0 Å². The summed E-state index contributed by atoms with van der Waals surface area (Å²) in [6.07, 6.45) is 0.206. The molecule has 2 aromatic carbocycles. The fourth-order valence-electron chi connectivity index (χ4n) is 2.15. The number of carboxylic acids is 2. The number of ether oxygens (including phenoxy) is 1. The second-order valence-corrected chi connectivity index (χ2v) is 6.43. The molecule has 0 aromatic heterocycles. The fourth-order valence-corrected chi connectivity index (χ4v) is 2.15. The quantitative estimate of drug-likeness (QED) is 0.308. The average Bonchev–Trinajstić information content (AvgIpc) is 2.67. The Labute approximate surface area is 183 Å². The van der Waals surface area contributed by atoms with Crippen LogP contribution in [0, 0.1) is 0 Å². The number of carbonyl (C=O) groups is 5. The van der Waals surface area contributed by atoms with Crippen LogP contribution < -0.4 is 11.1 Å². The van der Waals surface area contributed by atoms with E-state index in [-0.39, 0.29) is 29.3 Å². The number of carboxylic acid groups (broad SMARTS) is 2. The number of Topliss-reactive ketones (excluding diaryl/α,β-unsaturated/α-hetero) is 1. The summed E-state index contributed by atoms with van der Waals surface area (Å²) < 4.78 is 4.31. The summed E-state index contributed by atoms with van der Waals surface area (Å²) in [4.78, 5) is 52.7. The molecule has 0 atom stereocenters. The van der Waals surface area contributed by atoms with Gasteiger partial charge in [-0.1, -0.05) is 18.7 Å². The van der Waals surface area contributed by atoms with E-state index in [4.69, 9.17) is 15.9 Å². The molecule has 1 aliphatic rings. The number of rotatable bonds is 5. The van der Waals surface area contributed by atoms with Crippen molar-refractivity contribution in [2.75, 3.05) is 11.1 Å². The maximum atomic E-state index is 11.2. The molecule has 10 nitrogen and oxygen atoms in total. The number of cyclic esters (lactones) is 1. The molecule has 5 N–H and O–H groups in total. The Bertz CT molecular complexity index is 1020. The summed E-state index contributed by atoms with van der Waals surface area (Å²) in [5, 5.41) is 19.6. The van der Waals surface area contributed by atoms with Gasteiger partial charge >= 0.3 is 17.9 Å². The number of nitrogens with two attached hydrogens (primary N) is 1. The van der Waals surface area contributed by atoms with E-state index in [1.54, 1.807) is 18.2 Å². The lowest BCUT2D eigenvalue weighted by molar-refractivity contribution is -0.148. The van der Waals surface area contributed by atoms with Crippen LogP contribution in [-0.4, -0.2) is 39.8 Å². The summed E-state index contributed by atoms with van der Waals surface area (Å²) >= 11 is 0. The second kappa shape index (κ2) is 12.3. The van der Waals surface area contributed by atoms with E-state index >= 15 is 0 Å². The number of hydrogen-bond donors (Lipinski definition) is 4. The van der Waals surface area contributed by atoms with E-state index in [0.717, 1.165) is 0 Å². The minimum atomic E-state index is -1.07. The van der Waals surface area contributed by atoms with Gasteiger partial charge in [-0.3, -0.25) is 14.4 Å². The number of anilines is 2. The molecule has 32 heavy (non-hydrogen) atoms. The summed E-state index contributed by atoms with van der Waals surface area (Å²) in [5.41, 5.74) is 6.48. The molecular weight excluding hydrogens is 420 g/mol. The predicted octanol–water partition coefficient (Wildman–Crippen LogP) is 2.72. The van der Waals surface area contributed by atoms with Gasteiger partial charge in [0.1, 0.15) is 18.0 Å². The van der Waals surface area contributed by atoms with Crippen molar-refractivity contribution in [1.29, 1.82) is 0 Å². The Morgan fingerprint density at radius 2 is 1.56 bits per heavy atom. The largest absolute Gasteiger partial charge is 0.478 e. The number of hydrogen-bond acceptors (Lipinski definition) is 7. The maximum absolute atomic E-state index is 11.2. The predicted molar refractivity (Wildman–Crippen MR) is 115 cm³/mol. The highest BCUT2D eigenvalue weighted by molar-refractivity contribution is 6.04. The molecule has 0 saturated carbocycles. The zero-order chi connectivity index (χ0) is 24.3. The number of nitrogen functional groups attached to an aromatic ring is 1. The Hall–Kier alpha value is -4.47. The van der Waals surface area contributed by atoms with E-state index in [2.05, 4.69) is 16.6 Å². The number of aromatic carboxylic acids is 2. The molecule has 1 amide bonds. The van der Waals surface area contributed by atoms with Gasteiger partial charge in [0.25, 0.3) is 0 Å². The van der Waals surface area contributed by atoms with Crippen LogP contribution in [0.1, 0.15) is 40.5 Å². The van der Waals surface area contributed by atoms with E-state index in [1.165, 1.54) is 37.3 Å². The van der Waals surface area contributed by atoms with Gasteiger partial charge in [-0.2, -0.15) is 0 Å². The van der Waals surface area contributed by atoms with E-state index in [0.29, 0.717) is 23.6 Å². The average molecular weight is 442 g/mol. The van der Waals surface area contributed by atoms with E-state index in [1.807, 2.05) is 0 Å². The summed E-state index contributed by atoms with van der Waals surface area (Å²) in [6.45, 7) is 4.68. The summed E-state index contributed by atoms with van der Waals surface area (Å²) in [7, 11) is 0. The number of carbonyl (C=O) groups excluding carboxylic acids is 3. The van der Waals surface area contributed by atoms with Crippen LogP contribution in [0.2, 0.25) is 0 Å². The molecule has 1 fully saturated rings. The molecule has 168 valence electrons. The van der Waals surface area contributed by atoms with Crippen molar-refractivity contribution in [2.45, 2.75) is 19.8 Å². The number of ketones is 1. The first-order chi connectivity index (χ1) is 15.0. The van der Waals surface area contributed by atoms with Gasteiger partial charge in [0.15, 0.2) is 0 Å². The van der Waals surface area contributed by atoms with Gasteiger partial charge in [-0.05, 0) is 43.3 Å². The highest BCUT2D eigenvalue weighted by Crippen LogP contribution is 2.13. The molecule has 1 aliphatic heterocycles. The van der Waals surface area contributed by atoms with Crippen LogP contribution in [0.25, 0.3) is 0 Å². The SMILES string of the molecule is C=C1CC(=O)O1.CC(=O)CC(=O)Nc1cccc(C(=O)O)c1.Nc1cccc(C(=O)O)c1. The smallest absolute Gasteiger partial charge is 0.335 e.